The van der Waals surface area contributed by atoms with Crippen molar-refractivity contribution in [2.45, 2.75) is 38.4 Å². The zero-order valence-corrected chi connectivity index (χ0v) is 12.1. The minimum atomic E-state index is -0.827. The number of carbonyl (C=O) groups is 1. The zero-order valence-electron chi connectivity index (χ0n) is 12.1. The fraction of sp³-hybridized carbons (Fsp3) is 0.600. The van der Waals surface area contributed by atoms with Crippen LogP contribution < -0.4 is 0 Å². The molecule has 0 unspecified atom stereocenters. The average molecular weight is 278 g/mol. The molecule has 110 valence electrons. The van der Waals surface area contributed by atoms with Gasteiger partial charge in [-0.1, -0.05) is 6.07 Å². The van der Waals surface area contributed by atoms with Crippen molar-refractivity contribution >= 4 is 5.97 Å². The standard InChI is InChI=1S/C15H22N2O3/c1-12(2)20-14(18)11-17-8-5-15(19,6-9-17)13-4-3-7-16-10-13/h3-4,7,10,12,19H,5-6,8-9,11H2,1-2H3. The maximum absolute atomic E-state index is 11.6. The summed E-state index contributed by atoms with van der Waals surface area (Å²) in [6.07, 6.45) is 4.54. The maximum atomic E-state index is 11.6. The van der Waals surface area contributed by atoms with Crippen LogP contribution in [0.2, 0.25) is 0 Å². The van der Waals surface area contributed by atoms with Crippen LogP contribution in [0.5, 0.6) is 0 Å². The third-order valence-electron chi connectivity index (χ3n) is 3.60. The predicted octanol–water partition coefficient (Wildman–Crippen LogP) is 1.32. The van der Waals surface area contributed by atoms with Gasteiger partial charge in [0.15, 0.2) is 0 Å². The van der Waals surface area contributed by atoms with E-state index >= 15 is 0 Å². The van der Waals surface area contributed by atoms with Crippen molar-refractivity contribution < 1.29 is 14.6 Å². The van der Waals surface area contributed by atoms with Gasteiger partial charge in [-0.15, -0.1) is 0 Å². The van der Waals surface area contributed by atoms with Crippen molar-refractivity contribution in [3.8, 4) is 0 Å². The highest BCUT2D eigenvalue weighted by atomic mass is 16.5. The molecule has 0 atom stereocenters. The number of likely N-dealkylation sites (tertiary alicyclic amines) is 1. The van der Waals surface area contributed by atoms with Crippen molar-refractivity contribution in [1.82, 2.24) is 9.88 Å². The normalized spacial score (nSPS) is 19.0. The number of hydrogen-bond acceptors (Lipinski definition) is 5. The largest absolute Gasteiger partial charge is 0.462 e. The van der Waals surface area contributed by atoms with Crippen LogP contribution in [0.3, 0.4) is 0 Å². The summed E-state index contributed by atoms with van der Waals surface area (Å²) in [6.45, 7) is 5.34. The number of rotatable bonds is 4. The first-order chi connectivity index (χ1) is 9.49. The van der Waals surface area contributed by atoms with Gasteiger partial charge in [-0.25, -0.2) is 0 Å². The quantitative estimate of drug-likeness (QED) is 0.842. The zero-order chi connectivity index (χ0) is 14.6. The van der Waals surface area contributed by atoms with E-state index < -0.39 is 5.60 Å². The van der Waals surface area contributed by atoms with Crippen molar-refractivity contribution in [3.05, 3.63) is 30.1 Å². The second-order valence-corrected chi connectivity index (χ2v) is 5.59. The van der Waals surface area contributed by atoms with Gasteiger partial charge in [0, 0.05) is 31.0 Å². The molecule has 0 saturated carbocycles. The summed E-state index contributed by atoms with van der Waals surface area (Å²) in [5, 5.41) is 10.7. The smallest absolute Gasteiger partial charge is 0.320 e. The van der Waals surface area contributed by atoms with Crippen molar-refractivity contribution in [1.29, 1.82) is 0 Å². The van der Waals surface area contributed by atoms with E-state index in [2.05, 4.69) is 4.98 Å². The SMILES string of the molecule is CC(C)OC(=O)CN1CCC(O)(c2cccnc2)CC1. The van der Waals surface area contributed by atoms with Gasteiger partial charge in [0.1, 0.15) is 0 Å². The number of esters is 1. The van der Waals surface area contributed by atoms with E-state index in [9.17, 15) is 9.90 Å². The lowest BCUT2D eigenvalue weighted by Gasteiger charge is -2.37. The second-order valence-electron chi connectivity index (χ2n) is 5.59. The molecule has 5 heteroatoms. The van der Waals surface area contributed by atoms with E-state index in [1.165, 1.54) is 0 Å². The molecule has 1 saturated heterocycles. The number of piperidine rings is 1. The van der Waals surface area contributed by atoms with E-state index in [0.717, 1.165) is 5.56 Å². The molecule has 1 fully saturated rings. The molecule has 1 aromatic heterocycles. The molecule has 2 heterocycles. The van der Waals surface area contributed by atoms with Crippen molar-refractivity contribution in [2.24, 2.45) is 0 Å². The third-order valence-corrected chi connectivity index (χ3v) is 3.60. The molecule has 0 bridgehead atoms. The summed E-state index contributed by atoms with van der Waals surface area (Å²) >= 11 is 0. The molecule has 0 aliphatic carbocycles. The Morgan fingerprint density at radius 1 is 1.50 bits per heavy atom. The Balaban J connectivity index is 1.88. The molecule has 0 spiro atoms. The first kappa shape index (κ1) is 14.9. The van der Waals surface area contributed by atoms with Crippen LogP contribution in [0.15, 0.2) is 24.5 Å². The number of ether oxygens (including phenoxy) is 1. The Morgan fingerprint density at radius 2 is 2.20 bits per heavy atom. The van der Waals surface area contributed by atoms with Crippen LogP contribution in [0, 0.1) is 0 Å². The second kappa shape index (κ2) is 6.33. The van der Waals surface area contributed by atoms with Gasteiger partial charge in [-0.2, -0.15) is 0 Å². The monoisotopic (exact) mass is 278 g/mol. The van der Waals surface area contributed by atoms with Gasteiger partial charge in [0.05, 0.1) is 18.2 Å². The highest BCUT2D eigenvalue weighted by Gasteiger charge is 2.34. The number of nitrogens with zero attached hydrogens (tertiary/aromatic N) is 2. The van der Waals surface area contributed by atoms with Gasteiger partial charge >= 0.3 is 5.97 Å². The van der Waals surface area contributed by atoms with E-state index in [-0.39, 0.29) is 12.1 Å². The highest BCUT2D eigenvalue weighted by Crippen LogP contribution is 2.32. The van der Waals surface area contributed by atoms with Crippen LogP contribution in [0.4, 0.5) is 0 Å². The van der Waals surface area contributed by atoms with Gasteiger partial charge in [-0.05, 0) is 32.8 Å². The summed E-state index contributed by atoms with van der Waals surface area (Å²) in [5.41, 5.74) is 0.0246. The van der Waals surface area contributed by atoms with Gasteiger partial charge in [-0.3, -0.25) is 14.7 Å². The number of aromatic nitrogens is 1. The highest BCUT2D eigenvalue weighted by molar-refractivity contribution is 5.71. The molecular weight excluding hydrogens is 256 g/mol. The summed E-state index contributed by atoms with van der Waals surface area (Å²) in [5.74, 6) is -0.202. The molecule has 1 aliphatic heterocycles. The van der Waals surface area contributed by atoms with Gasteiger partial charge < -0.3 is 9.84 Å². The summed E-state index contributed by atoms with van der Waals surface area (Å²) in [6, 6.07) is 3.73. The molecule has 1 N–H and O–H groups in total. The lowest BCUT2D eigenvalue weighted by molar-refractivity contribution is -0.150. The molecule has 1 aliphatic rings. The number of pyridine rings is 1. The minimum absolute atomic E-state index is 0.0837. The Morgan fingerprint density at radius 3 is 2.75 bits per heavy atom. The number of carbonyl (C=O) groups excluding carboxylic acids is 1. The average Bonchev–Trinajstić information content (AvgIpc) is 2.42. The maximum Gasteiger partial charge on any atom is 0.320 e. The Labute approximate surface area is 119 Å². The molecule has 2 rings (SSSR count). The van der Waals surface area contributed by atoms with Crippen molar-refractivity contribution in [3.63, 3.8) is 0 Å². The lowest BCUT2D eigenvalue weighted by atomic mass is 9.85. The Kier molecular flexibility index (Phi) is 4.73. The molecule has 0 radical (unpaired) electrons. The topological polar surface area (TPSA) is 62.7 Å². The van der Waals surface area contributed by atoms with Crippen LogP contribution in [0.25, 0.3) is 0 Å². The van der Waals surface area contributed by atoms with E-state index in [1.807, 2.05) is 30.9 Å². The van der Waals surface area contributed by atoms with Crippen LogP contribution in [-0.2, 0) is 15.1 Å². The summed E-state index contributed by atoms with van der Waals surface area (Å²) < 4.78 is 5.14. The number of aliphatic hydroxyl groups is 1. The van der Waals surface area contributed by atoms with Gasteiger partial charge in [0.25, 0.3) is 0 Å². The summed E-state index contributed by atoms with van der Waals surface area (Å²) in [7, 11) is 0. The predicted molar refractivity (Wildman–Crippen MR) is 75.0 cm³/mol. The minimum Gasteiger partial charge on any atom is -0.462 e. The molecule has 0 aromatic carbocycles. The molecule has 0 amide bonds. The van der Waals surface area contributed by atoms with E-state index in [1.54, 1.807) is 12.4 Å². The fourth-order valence-corrected chi connectivity index (χ4v) is 2.49. The molecular formula is C15H22N2O3. The fourth-order valence-electron chi connectivity index (χ4n) is 2.49. The van der Waals surface area contributed by atoms with Crippen molar-refractivity contribution in [2.75, 3.05) is 19.6 Å². The Hall–Kier alpha value is -1.46. The van der Waals surface area contributed by atoms with Crippen LogP contribution in [-0.4, -0.2) is 46.7 Å². The lowest BCUT2D eigenvalue weighted by Crippen LogP contribution is -2.44. The first-order valence-corrected chi connectivity index (χ1v) is 7.04. The first-order valence-electron chi connectivity index (χ1n) is 7.04. The third kappa shape index (κ3) is 3.77. The molecule has 20 heavy (non-hydrogen) atoms. The van der Waals surface area contributed by atoms with Crippen LogP contribution >= 0.6 is 0 Å². The molecule has 1 aromatic rings. The summed E-state index contributed by atoms with van der Waals surface area (Å²) in [4.78, 5) is 17.7. The van der Waals surface area contributed by atoms with Crippen LogP contribution in [0.1, 0.15) is 32.3 Å². The molecule has 5 nitrogen and oxygen atoms in total. The van der Waals surface area contributed by atoms with Gasteiger partial charge in [0.2, 0.25) is 0 Å². The Bertz CT molecular complexity index is 440. The number of hydrogen-bond donors (Lipinski definition) is 1. The van der Waals surface area contributed by atoms with E-state index in [0.29, 0.717) is 32.5 Å². The van der Waals surface area contributed by atoms with E-state index in [4.69, 9.17) is 4.74 Å².